The Labute approximate surface area is 136 Å². The predicted octanol–water partition coefficient (Wildman–Crippen LogP) is 5.78. The van der Waals surface area contributed by atoms with Crippen LogP contribution in [0.5, 0.6) is 11.5 Å². The third-order valence-corrected chi connectivity index (χ3v) is 3.21. The fourth-order valence-electron chi connectivity index (χ4n) is 2.00. The number of hydrogen-bond acceptors (Lipinski definition) is 2. The summed E-state index contributed by atoms with van der Waals surface area (Å²) < 4.78 is 95.4. The molecule has 0 fully saturated rings. The topological polar surface area (TPSA) is 26.3 Å². The molecule has 0 spiro atoms. The molecule has 25 heavy (non-hydrogen) atoms. The summed E-state index contributed by atoms with van der Waals surface area (Å²) in [7, 11) is 0. The van der Waals surface area contributed by atoms with E-state index in [-0.39, 0.29) is 29.2 Å². The van der Waals surface area contributed by atoms with E-state index in [0.29, 0.717) is 18.2 Å². The van der Waals surface area contributed by atoms with Crippen LogP contribution in [0, 0.1) is 12.7 Å². The monoisotopic (exact) mass is 366 g/mol. The SMILES string of the molecule is Cc1cc(C=O)c(F)cc1Oc1cc(C(F)(F)F)cc(C(F)(F)F)c1. The maximum atomic E-state index is 13.6. The largest absolute Gasteiger partial charge is 0.457 e. The standard InChI is InChI=1S/C16H9F7O2/c1-8-2-9(7-24)13(17)6-14(8)25-12-4-10(15(18,19)20)3-11(5-12)16(21,22)23/h2-7H,1H3. The van der Waals surface area contributed by atoms with E-state index >= 15 is 0 Å². The quantitative estimate of drug-likeness (QED) is 0.509. The van der Waals surface area contributed by atoms with Gasteiger partial charge < -0.3 is 4.74 Å². The zero-order valence-electron chi connectivity index (χ0n) is 12.4. The van der Waals surface area contributed by atoms with Gasteiger partial charge in [-0.2, -0.15) is 26.3 Å². The number of rotatable bonds is 3. The number of aryl methyl sites for hydroxylation is 1. The third-order valence-electron chi connectivity index (χ3n) is 3.21. The van der Waals surface area contributed by atoms with Gasteiger partial charge in [0.15, 0.2) is 6.29 Å². The summed E-state index contributed by atoms with van der Waals surface area (Å²) in [6, 6.07) is 2.48. The van der Waals surface area contributed by atoms with Crippen LogP contribution in [0.3, 0.4) is 0 Å². The molecule has 0 aliphatic heterocycles. The number of halogens is 7. The van der Waals surface area contributed by atoms with Crippen LogP contribution in [0.4, 0.5) is 30.7 Å². The highest BCUT2D eigenvalue weighted by atomic mass is 19.4. The Morgan fingerprint density at radius 3 is 1.84 bits per heavy atom. The molecule has 0 bridgehead atoms. The van der Waals surface area contributed by atoms with Crippen LogP contribution in [0.1, 0.15) is 27.0 Å². The van der Waals surface area contributed by atoms with Crippen molar-refractivity contribution in [1.29, 1.82) is 0 Å². The van der Waals surface area contributed by atoms with Crippen molar-refractivity contribution < 1.29 is 40.3 Å². The Morgan fingerprint density at radius 1 is 0.880 bits per heavy atom. The zero-order valence-corrected chi connectivity index (χ0v) is 12.4. The van der Waals surface area contributed by atoms with E-state index in [2.05, 4.69) is 0 Å². The average molecular weight is 366 g/mol. The summed E-state index contributed by atoms with van der Waals surface area (Å²) in [5.74, 6) is -2.09. The fraction of sp³-hybridized carbons (Fsp3) is 0.188. The summed E-state index contributed by atoms with van der Waals surface area (Å²) in [6.45, 7) is 1.36. The number of aldehydes is 1. The molecule has 0 amide bonds. The van der Waals surface area contributed by atoms with Crippen molar-refractivity contribution in [2.75, 3.05) is 0 Å². The third kappa shape index (κ3) is 4.28. The Kier molecular flexibility index (Phi) is 4.79. The molecule has 2 aromatic rings. The van der Waals surface area contributed by atoms with Gasteiger partial charge in [-0.25, -0.2) is 4.39 Å². The van der Waals surface area contributed by atoms with Gasteiger partial charge in [0.2, 0.25) is 0 Å². The first-order chi connectivity index (χ1) is 11.4. The van der Waals surface area contributed by atoms with E-state index in [1.807, 2.05) is 0 Å². The Hall–Kier alpha value is -2.58. The number of benzene rings is 2. The first-order valence-electron chi connectivity index (χ1n) is 6.64. The summed E-state index contributed by atoms with van der Waals surface area (Å²) in [6.07, 6.45) is -9.83. The van der Waals surface area contributed by atoms with Crippen molar-refractivity contribution >= 4 is 6.29 Å². The van der Waals surface area contributed by atoms with Gasteiger partial charge in [0.05, 0.1) is 16.7 Å². The van der Waals surface area contributed by atoms with E-state index in [0.717, 1.165) is 6.07 Å². The molecular weight excluding hydrogens is 357 g/mol. The molecule has 0 aliphatic carbocycles. The zero-order chi connectivity index (χ0) is 19.0. The highest BCUT2D eigenvalue weighted by molar-refractivity contribution is 5.76. The van der Waals surface area contributed by atoms with Gasteiger partial charge in [-0.3, -0.25) is 4.79 Å². The van der Waals surface area contributed by atoms with Crippen molar-refractivity contribution in [3.8, 4) is 11.5 Å². The average Bonchev–Trinajstić information content (AvgIpc) is 2.48. The number of ether oxygens (including phenoxy) is 1. The summed E-state index contributed by atoms with van der Waals surface area (Å²) in [5, 5.41) is 0. The second kappa shape index (κ2) is 6.38. The van der Waals surface area contributed by atoms with Crippen molar-refractivity contribution in [2.24, 2.45) is 0 Å². The summed E-state index contributed by atoms with van der Waals surface area (Å²) >= 11 is 0. The highest BCUT2D eigenvalue weighted by Gasteiger charge is 2.37. The first-order valence-corrected chi connectivity index (χ1v) is 6.64. The summed E-state index contributed by atoms with van der Waals surface area (Å²) in [4.78, 5) is 10.6. The smallest absolute Gasteiger partial charge is 0.416 e. The normalized spacial score (nSPS) is 12.2. The van der Waals surface area contributed by atoms with Crippen LogP contribution >= 0.6 is 0 Å². The molecule has 0 saturated carbocycles. The van der Waals surface area contributed by atoms with E-state index < -0.39 is 35.0 Å². The molecule has 0 aliphatic rings. The molecule has 0 heterocycles. The van der Waals surface area contributed by atoms with Gasteiger partial charge in [0.1, 0.15) is 17.3 Å². The van der Waals surface area contributed by atoms with Crippen LogP contribution in [-0.4, -0.2) is 6.29 Å². The Balaban J connectivity index is 2.53. The van der Waals surface area contributed by atoms with Gasteiger partial charge in [-0.15, -0.1) is 0 Å². The molecule has 0 unspecified atom stereocenters. The molecule has 0 radical (unpaired) electrons. The molecule has 134 valence electrons. The molecule has 2 rings (SSSR count). The minimum atomic E-state index is -5.03. The second-order valence-corrected chi connectivity index (χ2v) is 5.10. The van der Waals surface area contributed by atoms with Crippen molar-refractivity contribution in [1.82, 2.24) is 0 Å². The van der Waals surface area contributed by atoms with Gasteiger partial charge >= 0.3 is 12.4 Å². The number of hydrogen-bond donors (Lipinski definition) is 0. The molecular formula is C16H9F7O2. The predicted molar refractivity (Wildman–Crippen MR) is 73.0 cm³/mol. The van der Waals surface area contributed by atoms with E-state index in [9.17, 15) is 35.5 Å². The Morgan fingerprint density at radius 2 is 1.40 bits per heavy atom. The van der Waals surface area contributed by atoms with Gasteiger partial charge in [0, 0.05) is 6.07 Å². The number of carbonyl (C=O) groups excluding carboxylic acids is 1. The van der Waals surface area contributed by atoms with Crippen molar-refractivity contribution in [3.05, 3.63) is 58.4 Å². The molecule has 0 aromatic heterocycles. The lowest BCUT2D eigenvalue weighted by Crippen LogP contribution is -2.11. The second-order valence-electron chi connectivity index (χ2n) is 5.10. The number of alkyl halides is 6. The molecule has 9 heteroatoms. The minimum absolute atomic E-state index is 0.0458. The molecule has 0 saturated heterocycles. The van der Waals surface area contributed by atoms with Crippen molar-refractivity contribution in [3.63, 3.8) is 0 Å². The summed E-state index contributed by atoms with van der Waals surface area (Å²) in [5.41, 5.74) is -3.26. The molecule has 2 aromatic carbocycles. The minimum Gasteiger partial charge on any atom is -0.457 e. The van der Waals surface area contributed by atoms with Crippen LogP contribution < -0.4 is 4.74 Å². The molecule has 0 atom stereocenters. The van der Waals surface area contributed by atoms with Gasteiger partial charge in [0.25, 0.3) is 0 Å². The van der Waals surface area contributed by atoms with E-state index in [1.165, 1.54) is 6.92 Å². The highest BCUT2D eigenvalue weighted by Crippen LogP contribution is 2.39. The van der Waals surface area contributed by atoms with Crippen LogP contribution in [0.2, 0.25) is 0 Å². The van der Waals surface area contributed by atoms with Crippen LogP contribution in [0.15, 0.2) is 30.3 Å². The first kappa shape index (κ1) is 18.8. The number of carbonyl (C=O) groups is 1. The fourth-order valence-corrected chi connectivity index (χ4v) is 2.00. The lowest BCUT2D eigenvalue weighted by molar-refractivity contribution is -0.143. The molecule has 0 N–H and O–H groups in total. The van der Waals surface area contributed by atoms with E-state index in [4.69, 9.17) is 4.74 Å². The van der Waals surface area contributed by atoms with Gasteiger partial charge in [-0.05, 0) is 36.8 Å². The van der Waals surface area contributed by atoms with Crippen LogP contribution in [-0.2, 0) is 12.4 Å². The lowest BCUT2D eigenvalue weighted by atomic mass is 10.1. The van der Waals surface area contributed by atoms with E-state index in [1.54, 1.807) is 0 Å². The maximum Gasteiger partial charge on any atom is 0.416 e. The van der Waals surface area contributed by atoms with Crippen LogP contribution in [0.25, 0.3) is 0 Å². The molecule has 2 nitrogen and oxygen atoms in total. The Bertz CT molecular complexity index is 775. The van der Waals surface area contributed by atoms with Gasteiger partial charge in [-0.1, -0.05) is 0 Å². The maximum absolute atomic E-state index is 13.6. The lowest BCUT2D eigenvalue weighted by Gasteiger charge is -2.15. The van der Waals surface area contributed by atoms with Crippen molar-refractivity contribution in [2.45, 2.75) is 19.3 Å².